The summed E-state index contributed by atoms with van der Waals surface area (Å²) in [5.41, 5.74) is 3.24. The van der Waals surface area contributed by atoms with E-state index in [1.54, 1.807) is 6.07 Å². The minimum atomic E-state index is -0.0468. The van der Waals surface area contributed by atoms with Crippen molar-refractivity contribution in [3.05, 3.63) is 107 Å². The van der Waals surface area contributed by atoms with Crippen LogP contribution in [0.25, 0.3) is 6.08 Å². The quantitative estimate of drug-likeness (QED) is 0.365. The molecule has 0 amide bonds. The molecular formula is C25H24O3. The second-order valence-corrected chi connectivity index (χ2v) is 6.30. The molecule has 0 N–H and O–H groups in total. The lowest BCUT2D eigenvalue weighted by Gasteiger charge is -2.12. The third-order valence-electron chi connectivity index (χ3n) is 4.28. The normalized spacial score (nSPS) is 10.9. The van der Waals surface area contributed by atoms with Crippen LogP contribution in [0.4, 0.5) is 0 Å². The van der Waals surface area contributed by atoms with Gasteiger partial charge in [0.25, 0.3) is 0 Å². The van der Waals surface area contributed by atoms with E-state index in [0.717, 1.165) is 11.1 Å². The van der Waals surface area contributed by atoms with Gasteiger partial charge in [0.05, 0.1) is 18.8 Å². The predicted octanol–water partition coefficient (Wildman–Crippen LogP) is 5.55. The molecule has 0 unspecified atom stereocenters. The Balaban J connectivity index is 1.64. The average Bonchev–Trinajstić information content (AvgIpc) is 2.75. The van der Waals surface area contributed by atoms with E-state index < -0.39 is 0 Å². The summed E-state index contributed by atoms with van der Waals surface area (Å²) < 4.78 is 11.5. The molecule has 0 radical (unpaired) electrons. The van der Waals surface area contributed by atoms with Crippen LogP contribution < -0.4 is 4.74 Å². The highest BCUT2D eigenvalue weighted by molar-refractivity contribution is 6.12. The lowest BCUT2D eigenvalue weighted by molar-refractivity contribution is 0.0877. The summed E-state index contributed by atoms with van der Waals surface area (Å²) in [5.74, 6) is 0.528. The second-order valence-electron chi connectivity index (χ2n) is 6.30. The Morgan fingerprint density at radius 3 is 2.29 bits per heavy atom. The first-order valence-electron chi connectivity index (χ1n) is 9.39. The second kappa shape index (κ2) is 10.2. The molecule has 0 saturated heterocycles. The molecule has 0 spiro atoms. The average molecular weight is 372 g/mol. The number of ether oxygens (including phenoxy) is 2. The zero-order chi connectivity index (χ0) is 19.6. The van der Waals surface area contributed by atoms with E-state index in [4.69, 9.17) is 9.47 Å². The van der Waals surface area contributed by atoms with E-state index in [-0.39, 0.29) is 5.78 Å². The monoisotopic (exact) mass is 372 g/mol. The molecule has 0 saturated carbocycles. The van der Waals surface area contributed by atoms with Crippen LogP contribution in [-0.4, -0.2) is 19.0 Å². The molecule has 3 aromatic carbocycles. The van der Waals surface area contributed by atoms with Crippen LogP contribution in [0.2, 0.25) is 0 Å². The number of rotatable bonds is 9. The maximum Gasteiger partial charge on any atom is 0.197 e. The Bertz CT molecular complexity index is 929. The molecule has 0 fully saturated rings. The van der Waals surface area contributed by atoms with E-state index in [0.29, 0.717) is 36.7 Å². The number of benzene rings is 3. The molecule has 3 rings (SSSR count). The maximum absolute atomic E-state index is 13.1. The maximum atomic E-state index is 13.1. The number of allylic oxidation sites excluding steroid dienone is 1. The molecule has 3 heteroatoms. The van der Waals surface area contributed by atoms with Gasteiger partial charge in [0.15, 0.2) is 5.78 Å². The third kappa shape index (κ3) is 5.18. The molecule has 0 atom stereocenters. The molecule has 3 nitrogen and oxygen atoms in total. The highest BCUT2D eigenvalue weighted by Gasteiger charge is 2.16. The van der Waals surface area contributed by atoms with Crippen LogP contribution in [0.3, 0.4) is 0 Å². The standard InChI is InChI=1S/C25H24O3/c1-2-10-21-13-6-7-14-22(21)25(26)23-15-8-9-16-24(23)28-18-17-27-19-20-11-4-3-5-12-20/h2-16H,17-19H2,1H3/b10-2+. The lowest BCUT2D eigenvalue weighted by Crippen LogP contribution is -2.11. The summed E-state index contributed by atoms with van der Waals surface area (Å²) in [5, 5.41) is 0. The topological polar surface area (TPSA) is 35.5 Å². The summed E-state index contributed by atoms with van der Waals surface area (Å²) in [7, 11) is 0. The number of para-hydroxylation sites is 1. The first-order valence-corrected chi connectivity index (χ1v) is 9.39. The van der Waals surface area contributed by atoms with Gasteiger partial charge < -0.3 is 9.47 Å². The van der Waals surface area contributed by atoms with Crippen molar-refractivity contribution in [1.29, 1.82) is 0 Å². The zero-order valence-electron chi connectivity index (χ0n) is 16.0. The van der Waals surface area contributed by atoms with Crippen LogP contribution >= 0.6 is 0 Å². The number of carbonyl (C=O) groups is 1. The van der Waals surface area contributed by atoms with Gasteiger partial charge in [-0.3, -0.25) is 4.79 Å². The number of hydrogen-bond acceptors (Lipinski definition) is 3. The van der Waals surface area contributed by atoms with E-state index in [1.165, 1.54) is 0 Å². The van der Waals surface area contributed by atoms with Crippen molar-refractivity contribution in [2.45, 2.75) is 13.5 Å². The van der Waals surface area contributed by atoms with Gasteiger partial charge >= 0.3 is 0 Å². The van der Waals surface area contributed by atoms with Crippen LogP contribution in [0.5, 0.6) is 5.75 Å². The van der Waals surface area contributed by atoms with Crippen LogP contribution in [0, 0.1) is 0 Å². The fourth-order valence-electron chi connectivity index (χ4n) is 2.93. The van der Waals surface area contributed by atoms with E-state index >= 15 is 0 Å². The summed E-state index contributed by atoms with van der Waals surface area (Å²) in [6.45, 7) is 3.31. The Morgan fingerprint density at radius 1 is 0.821 bits per heavy atom. The van der Waals surface area contributed by atoms with Crippen molar-refractivity contribution in [3.8, 4) is 5.75 Å². The Labute approximate surface area is 166 Å². The molecule has 0 heterocycles. The van der Waals surface area contributed by atoms with E-state index in [2.05, 4.69) is 0 Å². The summed E-state index contributed by atoms with van der Waals surface area (Å²) >= 11 is 0. The predicted molar refractivity (Wildman–Crippen MR) is 113 cm³/mol. The van der Waals surface area contributed by atoms with Crippen LogP contribution in [0.15, 0.2) is 84.9 Å². The van der Waals surface area contributed by atoms with Gasteiger partial charge in [0.2, 0.25) is 0 Å². The van der Waals surface area contributed by atoms with E-state index in [1.807, 2.05) is 91.9 Å². The zero-order valence-corrected chi connectivity index (χ0v) is 16.0. The third-order valence-corrected chi connectivity index (χ3v) is 4.28. The molecule has 0 aliphatic heterocycles. The first kappa shape index (κ1) is 19.6. The number of carbonyl (C=O) groups excluding carboxylic acids is 1. The molecular weight excluding hydrogens is 348 g/mol. The Morgan fingerprint density at radius 2 is 1.50 bits per heavy atom. The molecule has 0 aromatic heterocycles. The molecule has 28 heavy (non-hydrogen) atoms. The van der Waals surface area contributed by atoms with Gasteiger partial charge in [-0.25, -0.2) is 0 Å². The molecule has 142 valence electrons. The molecule has 0 aliphatic rings. The highest BCUT2D eigenvalue weighted by atomic mass is 16.5. The van der Waals surface area contributed by atoms with Crippen molar-refractivity contribution in [2.75, 3.05) is 13.2 Å². The smallest absolute Gasteiger partial charge is 0.197 e. The van der Waals surface area contributed by atoms with Crippen molar-refractivity contribution in [3.63, 3.8) is 0 Å². The van der Waals surface area contributed by atoms with Gasteiger partial charge in [-0.15, -0.1) is 0 Å². The Kier molecular flexibility index (Phi) is 7.16. The van der Waals surface area contributed by atoms with Crippen molar-refractivity contribution in [2.24, 2.45) is 0 Å². The fourth-order valence-corrected chi connectivity index (χ4v) is 2.93. The number of hydrogen-bond donors (Lipinski definition) is 0. The van der Waals surface area contributed by atoms with Crippen LogP contribution in [0.1, 0.15) is 34.0 Å². The largest absolute Gasteiger partial charge is 0.490 e. The number of ketones is 1. The van der Waals surface area contributed by atoms with Crippen molar-refractivity contribution in [1.82, 2.24) is 0 Å². The summed E-state index contributed by atoms with van der Waals surface area (Å²) in [6.07, 6.45) is 3.87. The van der Waals surface area contributed by atoms with E-state index in [9.17, 15) is 4.79 Å². The lowest BCUT2D eigenvalue weighted by atomic mass is 9.97. The highest BCUT2D eigenvalue weighted by Crippen LogP contribution is 2.24. The fraction of sp³-hybridized carbons (Fsp3) is 0.160. The minimum Gasteiger partial charge on any atom is -0.490 e. The molecule has 3 aromatic rings. The molecule has 0 bridgehead atoms. The van der Waals surface area contributed by atoms with Gasteiger partial charge in [-0.1, -0.05) is 78.9 Å². The minimum absolute atomic E-state index is 0.0468. The van der Waals surface area contributed by atoms with Crippen LogP contribution in [-0.2, 0) is 11.3 Å². The van der Waals surface area contributed by atoms with Gasteiger partial charge in [-0.2, -0.15) is 0 Å². The Hall–Kier alpha value is -3.17. The SMILES string of the molecule is C/C=C/c1ccccc1C(=O)c1ccccc1OCCOCc1ccccc1. The van der Waals surface area contributed by atoms with Gasteiger partial charge in [0, 0.05) is 5.56 Å². The van der Waals surface area contributed by atoms with Crippen molar-refractivity contribution < 1.29 is 14.3 Å². The summed E-state index contributed by atoms with van der Waals surface area (Å²) in [6, 6.07) is 24.9. The van der Waals surface area contributed by atoms with Gasteiger partial charge in [0.1, 0.15) is 12.4 Å². The first-order chi connectivity index (χ1) is 13.8. The molecule has 0 aliphatic carbocycles. The van der Waals surface area contributed by atoms with Crippen molar-refractivity contribution >= 4 is 11.9 Å². The summed E-state index contributed by atoms with van der Waals surface area (Å²) in [4.78, 5) is 13.1. The van der Waals surface area contributed by atoms with Gasteiger partial charge in [-0.05, 0) is 30.2 Å².